The highest BCUT2D eigenvalue weighted by Crippen LogP contribution is 2.34. The Labute approximate surface area is 199 Å². The summed E-state index contributed by atoms with van der Waals surface area (Å²) in [5.74, 6) is 0.678. The van der Waals surface area contributed by atoms with Crippen LogP contribution in [0.1, 0.15) is 10.4 Å². The third kappa shape index (κ3) is 4.71. The molecule has 9 nitrogen and oxygen atoms in total. The fraction of sp³-hybridized carbons (Fsp3) is 0.0833. The molecule has 0 bridgehead atoms. The Kier molecular flexibility index (Phi) is 6.13. The van der Waals surface area contributed by atoms with Crippen LogP contribution < -0.4 is 20.1 Å². The summed E-state index contributed by atoms with van der Waals surface area (Å²) >= 11 is 1.26. The molecule has 0 saturated carbocycles. The Morgan fingerprint density at radius 3 is 2.62 bits per heavy atom. The van der Waals surface area contributed by atoms with Gasteiger partial charge in [-0.25, -0.2) is 0 Å². The number of carbonyl (C=O) groups excluding carboxylic acids is 2. The van der Waals surface area contributed by atoms with Crippen molar-refractivity contribution in [2.45, 2.75) is 5.16 Å². The van der Waals surface area contributed by atoms with Crippen molar-refractivity contribution in [2.75, 3.05) is 23.2 Å². The topological polar surface area (TPSA) is 107 Å². The van der Waals surface area contributed by atoms with Crippen LogP contribution in [0.15, 0.2) is 84.3 Å². The first kappa shape index (κ1) is 21.5. The van der Waals surface area contributed by atoms with E-state index in [0.29, 0.717) is 33.6 Å². The smallest absolute Gasteiger partial charge is 0.257 e. The van der Waals surface area contributed by atoms with Gasteiger partial charge in [-0.15, -0.1) is 10.2 Å². The number of nitrogens with one attached hydrogen (secondary N) is 2. The quantitative estimate of drug-likeness (QED) is 0.391. The minimum atomic E-state index is -0.355. The first-order valence-corrected chi connectivity index (χ1v) is 11.3. The number of fused-ring (bicyclic) bond motifs is 1. The molecule has 0 saturated heterocycles. The molecule has 1 aromatic heterocycles. The average Bonchev–Trinajstić information content (AvgIpc) is 3.53. The number of rotatable bonds is 7. The Bertz CT molecular complexity index is 1340. The van der Waals surface area contributed by atoms with Gasteiger partial charge in [-0.2, -0.15) is 0 Å². The van der Waals surface area contributed by atoms with Crippen molar-refractivity contribution in [2.24, 2.45) is 0 Å². The number of benzene rings is 3. The lowest BCUT2D eigenvalue weighted by atomic mass is 10.1. The lowest BCUT2D eigenvalue weighted by Crippen LogP contribution is -2.19. The summed E-state index contributed by atoms with van der Waals surface area (Å²) in [6, 6.07) is 21.6. The van der Waals surface area contributed by atoms with Gasteiger partial charge in [0.25, 0.3) is 5.91 Å². The molecule has 3 aromatic carbocycles. The average molecular weight is 474 g/mol. The van der Waals surface area contributed by atoms with Crippen molar-refractivity contribution in [1.82, 2.24) is 14.8 Å². The summed E-state index contributed by atoms with van der Waals surface area (Å²) in [6.07, 6.45) is 1.60. The summed E-state index contributed by atoms with van der Waals surface area (Å²) < 4.78 is 12.5. The zero-order valence-electron chi connectivity index (χ0n) is 17.8. The molecule has 0 atom stereocenters. The normalized spacial score (nSPS) is 11.8. The molecular formula is C24H19N5O4S. The molecule has 0 spiro atoms. The molecule has 10 heteroatoms. The Balaban J connectivity index is 1.24. The van der Waals surface area contributed by atoms with Gasteiger partial charge in [-0.3, -0.25) is 14.2 Å². The van der Waals surface area contributed by atoms with Crippen LogP contribution in [0.5, 0.6) is 11.5 Å². The highest BCUT2D eigenvalue weighted by Gasteiger charge is 2.17. The number of aromatic nitrogens is 3. The highest BCUT2D eigenvalue weighted by molar-refractivity contribution is 7.99. The first-order valence-electron chi connectivity index (χ1n) is 10.4. The molecule has 1 aliphatic rings. The Morgan fingerprint density at radius 1 is 0.941 bits per heavy atom. The third-order valence-corrected chi connectivity index (χ3v) is 5.90. The van der Waals surface area contributed by atoms with Gasteiger partial charge in [-0.05, 0) is 36.4 Å². The number of hydrogen-bond donors (Lipinski definition) is 2. The Hall–Kier alpha value is -4.31. The number of hydrogen-bond acceptors (Lipinski definition) is 7. The van der Waals surface area contributed by atoms with E-state index < -0.39 is 0 Å². The zero-order chi connectivity index (χ0) is 23.3. The number of ether oxygens (including phenoxy) is 2. The second-order valence-electron chi connectivity index (χ2n) is 7.22. The molecule has 0 fully saturated rings. The fourth-order valence-corrected chi connectivity index (χ4v) is 4.10. The molecular weight excluding hydrogens is 454 g/mol. The molecule has 2 heterocycles. The van der Waals surface area contributed by atoms with Crippen molar-refractivity contribution >= 4 is 35.0 Å². The number of para-hydroxylation sites is 2. The van der Waals surface area contributed by atoms with Gasteiger partial charge < -0.3 is 20.1 Å². The van der Waals surface area contributed by atoms with Gasteiger partial charge in [0.15, 0.2) is 16.7 Å². The number of nitrogens with zero attached hydrogens (tertiary/aromatic N) is 3. The molecule has 0 unspecified atom stereocenters. The van der Waals surface area contributed by atoms with Gasteiger partial charge in [-0.1, -0.05) is 42.1 Å². The van der Waals surface area contributed by atoms with Crippen LogP contribution in [0.3, 0.4) is 0 Å². The molecule has 4 aromatic rings. The second kappa shape index (κ2) is 9.67. The lowest BCUT2D eigenvalue weighted by Gasteiger charge is -2.12. The van der Waals surface area contributed by atoms with E-state index in [4.69, 9.17) is 9.47 Å². The second-order valence-corrected chi connectivity index (χ2v) is 8.17. The van der Waals surface area contributed by atoms with E-state index in [1.54, 1.807) is 48.8 Å². The van der Waals surface area contributed by atoms with E-state index in [1.807, 2.05) is 34.9 Å². The van der Waals surface area contributed by atoms with Crippen LogP contribution in [0.25, 0.3) is 5.69 Å². The minimum Gasteiger partial charge on any atom is -0.454 e. The number of amides is 2. The molecule has 2 amide bonds. The van der Waals surface area contributed by atoms with Crippen LogP contribution in [0, 0.1) is 0 Å². The standard InChI is InChI=1S/C24H19N5O4S/c30-22(13-34-24-28-25-14-29(24)17-6-2-1-3-7-17)27-19-9-5-4-8-18(19)23(31)26-16-10-11-20-21(12-16)33-15-32-20/h1-12,14H,13,15H2,(H,26,31)(H,27,30). The lowest BCUT2D eigenvalue weighted by molar-refractivity contribution is -0.113. The van der Waals surface area contributed by atoms with Crippen molar-refractivity contribution in [3.63, 3.8) is 0 Å². The van der Waals surface area contributed by atoms with E-state index >= 15 is 0 Å². The van der Waals surface area contributed by atoms with Crippen molar-refractivity contribution < 1.29 is 19.1 Å². The number of carbonyl (C=O) groups is 2. The monoisotopic (exact) mass is 473 g/mol. The summed E-state index contributed by atoms with van der Waals surface area (Å²) in [7, 11) is 0. The van der Waals surface area contributed by atoms with Gasteiger partial charge in [0.1, 0.15) is 6.33 Å². The molecule has 2 N–H and O–H groups in total. The SMILES string of the molecule is O=C(CSc1nncn1-c1ccccc1)Nc1ccccc1C(=O)Nc1ccc2c(c1)OCO2. The van der Waals surface area contributed by atoms with Crippen molar-refractivity contribution in [3.05, 3.63) is 84.7 Å². The largest absolute Gasteiger partial charge is 0.454 e. The van der Waals surface area contributed by atoms with E-state index in [2.05, 4.69) is 20.8 Å². The van der Waals surface area contributed by atoms with Crippen LogP contribution in [0.4, 0.5) is 11.4 Å². The minimum absolute atomic E-state index is 0.101. The Morgan fingerprint density at radius 2 is 1.74 bits per heavy atom. The third-order valence-electron chi connectivity index (χ3n) is 4.96. The molecule has 0 aliphatic carbocycles. The van der Waals surface area contributed by atoms with E-state index in [1.165, 1.54) is 11.8 Å². The molecule has 34 heavy (non-hydrogen) atoms. The van der Waals surface area contributed by atoms with Gasteiger partial charge in [0.05, 0.1) is 17.0 Å². The first-order chi connectivity index (χ1) is 16.7. The van der Waals surface area contributed by atoms with E-state index in [9.17, 15) is 9.59 Å². The van der Waals surface area contributed by atoms with Crippen LogP contribution >= 0.6 is 11.8 Å². The van der Waals surface area contributed by atoms with Crippen molar-refractivity contribution in [1.29, 1.82) is 0 Å². The van der Waals surface area contributed by atoms with Gasteiger partial charge in [0.2, 0.25) is 12.7 Å². The highest BCUT2D eigenvalue weighted by atomic mass is 32.2. The maximum absolute atomic E-state index is 12.9. The van der Waals surface area contributed by atoms with Gasteiger partial charge in [0, 0.05) is 17.4 Å². The molecule has 1 aliphatic heterocycles. The molecule has 0 radical (unpaired) electrons. The van der Waals surface area contributed by atoms with Crippen LogP contribution in [0.2, 0.25) is 0 Å². The summed E-state index contributed by atoms with van der Waals surface area (Å²) in [6.45, 7) is 0.154. The van der Waals surface area contributed by atoms with Gasteiger partial charge >= 0.3 is 0 Å². The summed E-state index contributed by atoms with van der Waals surface area (Å²) in [5, 5.41) is 14.3. The van der Waals surface area contributed by atoms with E-state index in [0.717, 1.165) is 5.69 Å². The maximum atomic E-state index is 12.9. The maximum Gasteiger partial charge on any atom is 0.257 e. The van der Waals surface area contributed by atoms with Crippen LogP contribution in [-0.4, -0.2) is 39.1 Å². The fourth-order valence-electron chi connectivity index (χ4n) is 3.37. The zero-order valence-corrected chi connectivity index (χ0v) is 18.6. The number of thioether (sulfide) groups is 1. The predicted octanol–water partition coefficient (Wildman–Crippen LogP) is 3.98. The van der Waals surface area contributed by atoms with Crippen molar-refractivity contribution in [3.8, 4) is 17.2 Å². The predicted molar refractivity (Wildman–Crippen MR) is 128 cm³/mol. The van der Waals surface area contributed by atoms with E-state index in [-0.39, 0.29) is 24.4 Å². The summed E-state index contributed by atoms with van der Waals surface area (Å²) in [4.78, 5) is 25.6. The molecule has 170 valence electrons. The number of anilines is 2. The van der Waals surface area contributed by atoms with Crippen LogP contribution in [-0.2, 0) is 4.79 Å². The molecule has 5 rings (SSSR count). The summed E-state index contributed by atoms with van der Waals surface area (Å²) in [5.41, 5.74) is 2.22.